The molecule has 1 unspecified atom stereocenters. The first-order valence-corrected chi connectivity index (χ1v) is 6.44. The van der Waals surface area contributed by atoms with Gasteiger partial charge in [-0.15, -0.1) is 0 Å². The van der Waals surface area contributed by atoms with Crippen molar-refractivity contribution in [3.05, 3.63) is 35.0 Å². The average Bonchev–Trinajstić information content (AvgIpc) is 2.88. The lowest BCUT2D eigenvalue weighted by molar-refractivity contribution is 0.688. The molecular weight excluding hydrogens is 208 g/mol. The largest absolute Gasteiger partial charge is 0.347 e. The van der Waals surface area contributed by atoms with Gasteiger partial charge in [0.1, 0.15) is 0 Å². The van der Waals surface area contributed by atoms with Crippen molar-refractivity contribution in [2.24, 2.45) is 7.05 Å². The summed E-state index contributed by atoms with van der Waals surface area (Å²) >= 11 is 0. The lowest BCUT2D eigenvalue weighted by Gasteiger charge is -2.12. The molecule has 1 aliphatic heterocycles. The fraction of sp³-hybridized carbons (Fsp3) is 0.467. The van der Waals surface area contributed by atoms with E-state index in [1.165, 1.54) is 34.1 Å². The molecule has 0 amide bonds. The Hall–Kier alpha value is -1.28. The Bertz CT molecular complexity index is 560. The monoisotopic (exact) mass is 228 g/mol. The second kappa shape index (κ2) is 3.88. The maximum absolute atomic E-state index is 3.47. The zero-order valence-electron chi connectivity index (χ0n) is 10.9. The van der Waals surface area contributed by atoms with Gasteiger partial charge in [-0.2, -0.15) is 0 Å². The van der Waals surface area contributed by atoms with Crippen molar-refractivity contribution in [3.63, 3.8) is 0 Å². The maximum Gasteiger partial charge on any atom is 0.0485 e. The van der Waals surface area contributed by atoms with E-state index in [1.54, 1.807) is 0 Å². The number of nitrogens with one attached hydrogen (secondary N) is 1. The Morgan fingerprint density at radius 3 is 2.82 bits per heavy atom. The minimum Gasteiger partial charge on any atom is -0.347 e. The minimum absolute atomic E-state index is 0.688. The van der Waals surface area contributed by atoms with Gasteiger partial charge in [-0.25, -0.2) is 0 Å². The molecule has 1 N–H and O–H groups in total. The van der Waals surface area contributed by atoms with E-state index >= 15 is 0 Å². The van der Waals surface area contributed by atoms with E-state index in [-0.39, 0.29) is 0 Å². The van der Waals surface area contributed by atoms with E-state index in [0.717, 1.165) is 13.1 Å². The second-order valence-electron chi connectivity index (χ2n) is 5.28. The zero-order chi connectivity index (χ0) is 12.0. The molecule has 0 aliphatic carbocycles. The van der Waals surface area contributed by atoms with Crippen molar-refractivity contribution >= 4 is 10.9 Å². The van der Waals surface area contributed by atoms with Crippen molar-refractivity contribution in [2.75, 3.05) is 13.1 Å². The standard InChI is InChI=1S/C15H20N2/c1-10-4-5-13-11(2)15(12-6-7-16-9-12)17(3)14(13)8-10/h4-5,8,12,16H,6-7,9H2,1-3H3. The molecule has 17 heavy (non-hydrogen) atoms. The van der Waals surface area contributed by atoms with Crippen LogP contribution in [0, 0.1) is 13.8 Å². The van der Waals surface area contributed by atoms with E-state index in [2.05, 4.69) is 49.0 Å². The molecule has 1 aliphatic rings. The Labute approximate surface area is 103 Å². The van der Waals surface area contributed by atoms with Gasteiger partial charge in [0.15, 0.2) is 0 Å². The minimum atomic E-state index is 0.688. The van der Waals surface area contributed by atoms with Crippen molar-refractivity contribution < 1.29 is 0 Å². The molecular formula is C15H20N2. The average molecular weight is 228 g/mol. The smallest absolute Gasteiger partial charge is 0.0485 e. The third-order valence-corrected chi connectivity index (χ3v) is 4.11. The Balaban J connectivity index is 2.24. The molecule has 0 spiro atoms. The number of aryl methyl sites for hydroxylation is 3. The van der Waals surface area contributed by atoms with Gasteiger partial charge >= 0.3 is 0 Å². The second-order valence-corrected chi connectivity index (χ2v) is 5.28. The van der Waals surface area contributed by atoms with Crippen molar-refractivity contribution in [2.45, 2.75) is 26.2 Å². The highest BCUT2D eigenvalue weighted by molar-refractivity contribution is 5.86. The third kappa shape index (κ3) is 1.59. The predicted molar refractivity (Wildman–Crippen MR) is 72.6 cm³/mol. The van der Waals surface area contributed by atoms with Gasteiger partial charge in [0.25, 0.3) is 0 Å². The zero-order valence-corrected chi connectivity index (χ0v) is 10.9. The quantitative estimate of drug-likeness (QED) is 0.794. The number of rotatable bonds is 1. The van der Waals surface area contributed by atoms with Crippen molar-refractivity contribution in [1.82, 2.24) is 9.88 Å². The summed E-state index contributed by atoms with van der Waals surface area (Å²) in [6.45, 7) is 6.72. The molecule has 1 saturated heterocycles. The number of hydrogen-bond donors (Lipinski definition) is 1. The van der Waals surface area contributed by atoms with Crippen LogP contribution in [0.2, 0.25) is 0 Å². The molecule has 1 aromatic heterocycles. The molecule has 2 nitrogen and oxygen atoms in total. The molecule has 1 aromatic carbocycles. The Kier molecular flexibility index (Phi) is 2.48. The highest BCUT2D eigenvalue weighted by atomic mass is 15.0. The Morgan fingerprint density at radius 1 is 1.29 bits per heavy atom. The molecule has 90 valence electrons. The van der Waals surface area contributed by atoms with E-state index in [0.29, 0.717) is 5.92 Å². The third-order valence-electron chi connectivity index (χ3n) is 4.11. The van der Waals surface area contributed by atoms with Crippen LogP contribution in [0.3, 0.4) is 0 Å². The van der Waals surface area contributed by atoms with Crippen LogP contribution in [0.4, 0.5) is 0 Å². The van der Waals surface area contributed by atoms with Gasteiger partial charge in [-0.1, -0.05) is 12.1 Å². The van der Waals surface area contributed by atoms with Gasteiger partial charge in [0, 0.05) is 36.1 Å². The molecule has 1 fully saturated rings. The van der Waals surface area contributed by atoms with Gasteiger partial charge in [-0.3, -0.25) is 0 Å². The maximum atomic E-state index is 3.47. The summed E-state index contributed by atoms with van der Waals surface area (Å²) in [5.74, 6) is 0.688. The molecule has 0 bridgehead atoms. The van der Waals surface area contributed by atoms with Crippen LogP contribution >= 0.6 is 0 Å². The summed E-state index contributed by atoms with van der Waals surface area (Å²) < 4.78 is 2.40. The fourth-order valence-electron chi connectivity index (χ4n) is 3.22. The van der Waals surface area contributed by atoms with Crippen LogP contribution in [0.1, 0.15) is 29.2 Å². The highest BCUT2D eigenvalue weighted by Gasteiger charge is 2.23. The lowest BCUT2D eigenvalue weighted by atomic mass is 10.00. The van der Waals surface area contributed by atoms with E-state index < -0.39 is 0 Å². The molecule has 2 heteroatoms. The fourth-order valence-corrected chi connectivity index (χ4v) is 3.22. The van der Waals surface area contributed by atoms with Crippen LogP contribution in [-0.2, 0) is 7.05 Å². The first kappa shape index (κ1) is 10.8. The van der Waals surface area contributed by atoms with Gasteiger partial charge < -0.3 is 9.88 Å². The summed E-state index contributed by atoms with van der Waals surface area (Å²) in [5.41, 5.74) is 5.71. The number of fused-ring (bicyclic) bond motifs is 1. The van der Waals surface area contributed by atoms with Gasteiger partial charge in [0.05, 0.1) is 0 Å². The van der Waals surface area contributed by atoms with Crippen LogP contribution in [0.25, 0.3) is 10.9 Å². The van der Waals surface area contributed by atoms with E-state index in [1.807, 2.05) is 0 Å². The SMILES string of the molecule is Cc1ccc2c(C)c(C3CCNC3)n(C)c2c1. The number of nitrogens with zero attached hydrogens (tertiary/aromatic N) is 1. The molecule has 1 atom stereocenters. The van der Waals surface area contributed by atoms with Crippen LogP contribution in [0.5, 0.6) is 0 Å². The van der Waals surface area contributed by atoms with Crippen molar-refractivity contribution in [1.29, 1.82) is 0 Å². The Morgan fingerprint density at radius 2 is 2.12 bits per heavy atom. The lowest BCUT2D eigenvalue weighted by Crippen LogP contribution is -2.11. The van der Waals surface area contributed by atoms with Crippen LogP contribution in [-0.4, -0.2) is 17.7 Å². The van der Waals surface area contributed by atoms with E-state index in [9.17, 15) is 0 Å². The molecule has 0 saturated carbocycles. The summed E-state index contributed by atoms with van der Waals surface area (Å²) in [4.78, 5) is 0. The number of benzene rings is 1. The predicted octanol–water partition coefficient (Wildman–Crippen LogP) is 2.87. The molecule has 2 heterocycles. The first-order valence-electron chi connectivity index (χ1n) is 6.44. The summed E-state index contributed by atoms with van der Waals surface area (Å²) in [5, 5.41) is 4.88. The van der Waals surface area contributed by atoms with Gasteiger partial charge in [0.2, 0.25) is 0 Å². The summed E-state index contributed by atoms with van der Waals surface area (Å²) in [7, 11) is 2.21. The summed E-state index contributed by atoms with van der Waals surface area (Å²) in [6, 6.07) is 6.78. The molecule has 3 rings (SSSR count). The number of aromatic nitrogens is 1. The van der Waals surface area contributed by atoms with E-state index in [4.69, 9.17) is 0 Å². The first-order chi connectivity index (χ1) is 8.18. The topological polar surface area (TPSA) is 17.0 Å². The van der Waals surface area contributed by atoms with Gasteiger partial charge in [-0.05, 0) is 44.0 Å². The number of hydrogen-bond acceptors (Lipinski definition) is 1. The molecule has 0 radical (unpaired) electrons. The molecule has 2 aromatic rings. The van der Waals surface area contributed by atoms with Crippen molar-refractivity contribution in [3.8, 4) is 0 Å². The van der Waals surface area contributed by atoms with Crippen LogP contribution < -0.4 is 5.32 Å². The summed E-state index contributed by atoms with van der Waals surface area (Å²) in [6.07, 6.45) is 1.27. The highest BCUT2D eigenvalue weighted by Crippen LogP contribution is 2.32. The van der Waals surface area contributed by atoms with Crippen LogP contribution in [0.15, 0.2) is 18.2 Å². The normalized spacial score (nSPS) is 20.3.